The summed E-state index contributed by atoms with van der Waals surface area (Å²) in [5, 5.41) is 20.8. The van der Waals surface area contributed by atoms with Crippen LogP contribution in [0.5, 0.6) is 5.75 Å². The number of aromatic hydroxyl groups is 1. The molecule has 6 nitrogen and oxygen atoms in total. The molecule has 0 aliphatic heterocycles. The molecular weight excluding hydrogens is 236 g/mol. The van der Waals surface area contributed by atoms with Gasteiger partial charge in [0, 0.05) is 16.6 Å². The number of amides is 1. The van der Waals surface area contributed by atoms with Crippen molar-refractivity contribution in [2.75, 3.05) is 6.54 Å². The third kappa shape index (κ3) is 2.79. The smallest absolute Gasteiger partial charge is 0.322 e. The number of carboxylic acid groups (broad SMARTS) is 1. The Labute approximate surface area is 102 Å². The van der Waals surface area contributed by atoms with Gasteiger partial charge in [0.15, 0.2) is 0 Å². The molecule has 2 aromatic rings. The maximum Gasteiger partial charge on any atom is 0.322 e. The number of fused-ring (bicyclic) bond motifs is 1. The molecule has 94 valence electrons. The number of nitrogens with one attached hydrogen (secondary N) is 2. The summed E-state index contributed by atoms with van der Waals surface area (Å²) in [6.07, 6.45) is 0.0721. The van der Waals surface area contributed by atoms with Crippen molar-refractivity contribution in [1.82, 2.24) is 10.3 Å². The Bertz CT molecular complexity index is 603. The summed E-state index contributed by atoms with van der Waals surface area (Å²) in [6, 6.07) is 6.59. The van der Waals surface area contributed by atoms with Crippen LogP contribution < -0.4 is 5.32 Å². The summed E-state index contributed by atoms with van der Waals surface area (Å²) in [4.78, 5) is 24.7. The number of carbonyl (C=O) groups excluding carboxylic acids is 1. The number of aromatic nitrogens is 1. The second-order valence-corrected chi connectivity index (χ2v) is 3.91. The third-order valence-electron chi connectivity index (χ3n) is 2.45. The molecule has 0 unspecified atom stereocenters. The molecule has 0 aliphatic rings. The van der Waals surface area contributed by atoms with Crippen LogP contribution in [0.3, 0.4) is 0 Å². The van der Waals surface area contributed by atoms with Gasteiger partial charge in [-0.2, -0.15) is 0 Å². The van der Waals surface area contributed by atoms with Crippen LogP contribution >= 0.6 is 0 Å². The van der Waals surface area contributed by atoms with E-state index in [0.29, 0.717) is 5.69 Å². The van der Waals surface area contributed by atoms with Crippen molar-refractivity contribution < 1.29 is 19.8 Å². The Morgan fingerprint density at radius 3 is 2.78 bits per heavy atom. The SMILES string of the molecule is O=C(O)CNC(=O)Cc1cc2cc(O)ccc2[nH]1. The quantitative estimate of drug-likeness (QED) is 0.636. The van der Waals surface area contributed by atoms with Gasteiger partial charge in [-0.25, -0.2) is 0 Å². The molecule has 0 fully saturated rings. The largest absolute Gasteiger partial charge is 0.508 e. The van der Waals surface area contributed by atoms with Gasteiger partial charge >= 0.3 is 5.97 Å². The first-order valence-electron chi connectivity index (χ1n) is 5.34. The molecular formula is C12H12N2O4. The third-order valence-corrected chi connectivity index (χ3v) is 2.45. The van der Waals surface area contributed by atoms with E-state index in [0.717, 1.165) is 10.9 Å². The van der Waals surface area contributed by atoms with Crippen LogP contribution in [0.15, 0.2) is 24.3 Å². The van der Waals surface area contributed by atoms with Gasteiger partial charge in [-0.3, -0.25) is 9.59 Å². The Morgan fingerprint density at radius 1 is 1.28 bits per heavy atom. The average molecular weight is 248 g/mol. The molecule has 4 N–H and O–H groups in total. The Morgan fingerprint density at radius 2 is 2.06 bits per heavy atom. The van der Waals surface area contributed by atoms with Crippen LogP contribution in [0, 0.1) is 0 Å². The topological polar surface area (TPSA) is 102 Å². The first kappa shape index (κ1) is 12.0. The first-order chi connectivity index (χ1) is 8.54. The molecule has 0 bridgehead atoms. The van der Waals surface area contributed by atoms with Gasteiger partial charge in [-0.15, -0.1) is 0 Å². The fourth-order valence-corrected chi connectivity index (χ4v) is 1.69. The average Bonchev–Trinajstić information content (AvgIpc) is 2.67. The molecule has 1 aromatic carbocycles. The van der Waals surface area contributed by atoms with E-state index in [4.69, 9.17) is 5.11 Å². The standard InChI is InChI=1S/C12H12N2O4/c15-9-1-2-10-7(4-9)3-8(14-10)5-11(16)13-6-12(17)18/h1-4,14-15H,5-6H2,(H,13,16)(H,17,18). The lowest BCUT2D eigenvalue weighted by Gasteiger charge is -1.99. The monoisotopic (exact) mass is 248 g/mol. The fourth-order valence-electron chi connectivity index (χ4n) is 1.69. The molecule has 1 amide bonds. The van der Waals surface area contributed by atoms with Gasteiger partial charge in [-0.1, -0.05) is 0 Å². The highest BCUT2D eigenvalue weighted by molar-refractivity contribution is 5.86. The molecule has 0 radical (unpaired) electrons. The summed E-state index contributed by atoms with van der Waals surface area (Å²) in [6.45, 7) is -0.389. The second kappa shape index (κ2) is 4.79. The van der Waals surface area contributed by atoms with Crippen molar-refractivity contribution in [3.63, 3.8) is 0 Å². The van der Waals surface area contributed by atoms with Crippen molar-refractivity contribution in [2.45, 2.75) is 6.42 Å². The predicted molar refractivity (Wildman–Crippen MR) is 64.3 cm³/mol. The normalized spacial score (nSPS) is 10.4. The number of carboxylic acids is 1. The van der Waals surface area contributed by atoms with Crippen LogP contribution in [-0.2, 0) is 16.0 Å². The van der Waals surface area contributed by atoms with Gasteiger partial charge in [0.05, 0.1) is 6.42 Å². The van der Waals surface area contributed by atoms with E-state index in [1.54, 1.807) is 24.3 Å². The zero-order chi connectivity index (χ0) is 13.1. The number of carbonyl (C=O) groups is 2. The number of rotatable bonds is 4. The highest BCUT2D eigenvalue weighted by atomic mass is 16.4. The van der Waals surface area contributed by atoms with Crippen LogP contribution in [0.2, 0.25) is 0 Å². The lowest BCUT2D eigenvalue weighted by molar-refractivity contribution is -0.137. The predicted octanol–water partition coefficient (Wildman–Crippen LogP) is 0.617. The summed E-state index contributed by atoms with van der Waals surface area (Å²) < 4.78 is 0. The van der Waals surface area contributed by atoms with E-state index < -0.39 is 5.97 Å². The fraction of sp³-hybridized carbons (Fsp3) is 0.167. The van der Waals surface area contributed by atoms with Gasteiger partial charge in [0.1, 0.15) is 12.3 Å². The van der Waals surface area contributed by atoms with Gasteiger partial charge in [0.25, 0.3) is 0 Å². The maximum atomic E-state index is 11.4. The van der Waals surface area contributed by atoms with Crippen LogP contribution in [0.1, 0.15) is 5.69 Å². The molecule has 0 aliphatic carbocycles. The molecule has 18 heavy (non-hydrogen) atoms. The highest BCUT2D eigenvalue weighted by Crippen LogP contribution is 2.20. The molecule has 0 atom stereocenters. The molecule has 6 heteroatoms. The number of benzene rings is 1. The molecule has 0 saturated heterocycles. The molecule has 1 heterocycles. The second-order valence-electron chi connectivity index (χ2n) is 3.91. The van der Waals surface area contributed by atoms with E-state index in [2.05, 4.69) is 10.3 Å². The van der Waals surface area contributed by atoms with Crippen molar-refractivity contribution in [1.29, 1.82) is 0 Å². The van der Waals surface area contributed by atoms with Crippen LogP contribution in [0.25, 0.3) is 10.9 Å². The maximum absolute atomic E-state index is 11.4. The van der Waals surface area contributed by atoms with Crippen molar-refractivity contribution in [3.8, 4) is 5.75 Å². The van der Waals surface area contributed by atoms with Gasteiger partial charge in [0.2, 0.25) is 5.91 Å². The number of hydrogen-bond acceptors (Lipinski definition) is 3. The first-order valence-corrected chi connectivity index (χ1v) is 5.34. The highest BCUT2D eigenvalue weighted by Gasteiger charge is 2.08. The lowest BCUT2D eigenvalue weighted by atomic mass is 10.2. The van der Waals surface area contributed by atoms with Crippen molar-refractivity contribution >= 4 is 22.8 Å². The number of aliphatic carboxylic acids is 1. The van der Waals surface area contributed by atoms with Gasteiger partial charge in [-0.05, 0) is 24.3 Å². The van der Waals surface area contributed by atoms with Crippen molar-refractivity contribution in [2.24, 2.45) is 0 Å². The molecule has 1 aromatic heterocycles. The summed E-state index contributed by atoms with van der Waals surface area (Å²) in [5.41, 5.74) is 1.48. The zero-order valence-corrected chi connectivity index (χ0v) is 9.43. The number of hydrogen-bond donors (Lipinski definition) is 4. The van der Waals surface area contributed by atoms with Crippen LogP contribution in [-0.4, -0.2) is 33.6 Å². The minimum atomic E-state index is -1.08. The molecule has 2 rings (SSSR count). The van der Waals surface area contributed by atoms with Gasteiger partial charge < -0.3 is 20.5 Å². The van der Waals surface area contributed by atoms with E-state index in [1.165, 1.54) is 0 Å². The minimum Gasteiger partial charge on any atom is -0.508 e. The number of aromatic amines is 1. The molecule has 0 saturated carbocycles. The van der Waals surface area contributed by atoms with E-state index in [9.17, 15) is 14.7 Å². The minimum absolute atomic E-state index is 0.0721. The Kier molecular flexibility index (Phi) is 3.18. The zero-order valence-electron chi connectivity index (χ0n) is 9.43. The molecule has 0 spiro atoms. The Balaban J connectivity index is 2.07. The van der Waals surface area contributed by atoms with Crippen LogP contribution in [0.4, 0.5) is 0 Å². The number of phenolic OH excluding ortho intramolecular Hbond substituents is 1. The number of H-pyrrole nitrogens is 1. The van der Waals surface area contributed by atoms with Crippen molar-refractivity contribution in [3.05, 3.63) is 30.0 Å². The van der Waals surface area contributed by atoms with E-state index >= 15 is 0 Å². The van der Waals surface area contributed by atoms with E-state index in [1.807, 2.05) is 0 Å². The number of phenols is 1. The Hall–Kier alpha value is -2.50. The van der Waals surface area contributed by atoms with E-state index in [-0.39, 0.29) is 24.6 Å². The summed E-state index contributed by atoms with van der Waals surface area (Å²) in [5.74, 6) is -1.29. The lowest BCUT2D eigenvalue weighted by Crippen LogP contribution is -2.30. The summed E-state index contributed by atoms with van der Waals surface area (Å²) in [7, 11) is 0. The summed E-state index contributed by atoms with van der Waals surface area (Å²) >= 11 is 0.